The molecule has 0 atom stereocenters. The minimum Gasteiger partial charge on any atom is -0.484 e. The molecule has 2 aromatic rings. The van der Waals surface area contributed by atoms with Crippen LogP contribution in [-0.2, 0) is 9.59 Å². The van der Waals surface area contributed by atoms with Crippen molar-refractivity contribution in [2.45, 2.75) is 25.8 Å². The molecule has 3 amide bonds. The van der Waals surface area contributed by atoms with E-state index >= 15 is 0 Å². The van der Waals surface area contributed by atoms with Crippen molar-refractivity contribution in [3.63, 3.8) is 0 Å². The van der Waals surface area contributed by atoms with Gasteiger partial charge in [0.15, 0.2) is 6.61 Å². The molecule has 140 valence electrons. The normalized spacial score (nSPS) is 12.8. The number of carbonyl (C=O) groups excluding carboxylic acids is 3. The highest BCUT2D eigenvalue weighted by atomic mass is 16.5. The van der Waals surface area contributed by atoms with Gasteiger partial charge in [-0.25, -0.2) is 0 Å². The van der Waals surface area contributed by atoms with Crippen LogP contribution in [0, 0.1) is 0 Å². The fourth-order valence-corrected chi connectivity index (χ4v) is 2.42. The van der Waals surface area contributed by atoms with Gasteiger partial charge in [0.25, 0.3) is 11.8 Å². The van der Waals surface area contributed by atoms with Crippen molar-refractivity contribution < 1.29 is 19.1 Å². The summed E-state index contributed by atoms with van der Waals surface area (Å²) in [5.41, 5.74) is 1.70. The Morgan fingerprint density at radius 1 is 1.00 bits per heavy atom. The largest absolute Gasteiger partial charge is 0.484 e. The lowest BCUT2D eigenvalue weighted by Gasteiger charge is -2.10. The Kier molecular flexibility index (Phi) is 5.71. The van der Waals surface area contributed by atoms with Crippen LogP contribution in [0.4, 0.5) is 11.4 Å². The zero-order valence-corrected chi connectivity index (χ0v) is 15.0. The molecule has 0 radical (unpaired) electrons. The summed E-state index contributed by atoms with van der Waals surface area (Å²) in [6, 6.07) is 13.8. The molecule has 0 spiro atoms. The van der Waals surface area contributed by atoms with E-state index in [0.29, 0.717) is 22.7 Å². The first-order valence-corrected chi connectivity index (χ1v) is 8.71. The summed E-state index contributed by atoms with van der Waals surface area (Å²) in [6.45, 7) is 1.26. The molecule has 7 nitrogen and oxygen atoms in total. The third-order valence-corrected chi connectivity index (χ3v) is 3.87. The first-order valence-electron chi connectivity index (χ1n) is 8.71. The van der Waals surface area contributed by atoms with Gasteiger partial charge in [0.2, 0.25) is 5.91 Å². The number of ether oxygens (including phenoxy) is 1. The SMILES string of the molecule is CC(=O)Nc1ccc(OCC(=O)Nc2cccc(C(=O)NC3CC3)c2)cc1. The summed E-state index contributed by atoms with van der Waals surface area (Å²) in [4.78, 5) is 35.1. The summed E-state index contributed by atoms with van der Waals surface area (Å²) >= 11 is 0. The topological polar surface area (TPSA) is 96.5 Å². The molecule has 7 heteroatoms. The van der Waals surface area contributed by atoms with Crippen LogP contribution >= 0.6 is 0 Å². The van der Waals surface area contributed by atoms with E-state index in [1.807, 2.05) is 0 Å². The number of benzene rings is 2. The average Bonchev–Trinajstić information content (AvgIpc) is 3.45. The van der Waals surface area contributed by atoms with Crippen LogP contribution in [0.2, 0.25) is 0 Å². The molecule has 1 fully saturated rings. The van der Waals surface area contributed by atoms with Gasteiger partial charge in [0.05, 0.1) is 0 Å². The molecule has 0 aromatic heterocycles. The van der Waals surface area contributed by atoms with Crippen LogP contribution in [0.1, 0.15) is 30.1 Å². The number of rotatable bonds is 7. The van der Waals surface area contributed by atoms with Crippen molar-refractivity contribution in [1.82, 2.24) is 5.32 Å². The van der Waals surface area contributed by atoms with Crippen molar-refractivity contribution in [2.75, 3.05) is 17.2 Å². The molecule has 2 aromatic carbocycles. The van der Waals surface area contributed by atoms with E-state index in [-0.39, 0.29) is 30.4 Å². The molecular weight excluding hydrogens is 346 g/mol. The maximum absolute atomic E-state index is 12.1. The monoisotopic (exact) mass is 367 g/mol. The van der Waals surface area contributed by atoms with E-state index in [1.54, 1.807) is 48.5 Å². The molecule has 0 aliphatic heterocycles. The molecule has 1 aliphatic rings. The molecule has 1 aliphatic carbocycles. The van der Waals surface area contributed by atoms with Gasteiger partial charge >= 0.3 is 0 Å². The second-order valence-corrected chi connectivity index (χ2v) is 6.37. The van der Waals surface area contributed by atoms with Gasteiger partial charge in [-0.2, -0.15) is 0 Å². The molecule has 0 saturated heterocycles. The van der Waals surface area contributed by atoms with Gasteiger partial charge in [-0.3, -0.25) is 14.4 Å². The molecule has 3 N–H and O–H groups in total. The minimum atomic E-state index is -0.333. The Morgan fingerprint density at radius 2 is 1.74 bits per heavy atom. The molecule has 0 unspecified atom stereocenters. The lowest BCUT2D eigenvalue weighted by Crippen LogP contribution is -2.25. The molecule has 27 heavy (non-hydrogen) atoms. The summed E-state index contributed by atoms with van der Waals surface area (Å²) in [5, 5.41) is 8.28. The molecule has 3 rings (SSSR count). The second kappa shape index (κ2) is 8.35. The number of amides is 3. The first kappa shape index (κ1) is 18.4. The lowest BCUT2D eigenvalue weighted by atomic mass is 10.2. The Bertz CT molecular complexity index is 845. The fourth-order valence-electron chi connectivity index (χ4n) is 2.42. The summed E-state index contributed by atoms with van der Waals surface area (Å²) < 4.78 is 5.43. The third-order valence-electron chi connectivity index (χ3n) is 3.87. The Hall–Kier alpha value is -3.35. The quantitative estimate of drug-likeness (QED) is 0.701. The lowest BCUT2D eigenvalue weighted by molar-refractivity contribution is -0.118. The zero-order chi connectivity index (χ0) is 19.2. The number of hydrogen-bond acceptors (Lipinski definition) is 4. The van der Waals surface area contributed by atoms with Crippen LogP contribution in [0.15, 0.2) is 48.5 Å². The van der Waals surface area contributed by atoms with Crippen LogP contribution < -0.4 is 20.7 Å². The average molecular weight is 367 g/mol. The van der Waals surface area contributed by atoms with Gasteiger partial charge in [-0.05, 0) is 55.3 Å². The number of hydrogen-bond donors (Lipinski definition) is 3. The van der Waals surface area contributed by atoms with E-state index in [0.717, 1.165) is 12.8 Å². The van der Waals surface area contributed by atoms with Gasteiger partial charge in [-0.1, -0.05) is 6.07 Å². The first-order chi connectivity index (χ1) is 13.0. The summed E-state index contributed by atoms with van der Waals surface area (Å²) in [6.07, 6.45) is 2.04. The van der Waals surface area contributed by atoms with Crippen LogP contribution in [-0.4, -0.2) is 30.4 Å². The van der Waals surface area contributed by atoms with E-state index in [4.69, 9.17) is 4.74 Å². The van der Waals surface area contributed by atoms with Crippen molar-refractivity contribution in [2.24, 2.45) is 0 Å². The highest BCUT2D eigenvalue weighted by Gasteiger charge is 2.23. The molecular formula is C20H21N3O4. The number of anilines is 2. The van der Waals surface area contributed by atoms with E-state index in [2.05, 4.69) is 16.0 Å². The van der Waals surface area contributed by atoms with Gasteiger partial charge in [-0.15, -0.1) is 0 Å². The van der Waals surface area contributed by atoms with Crippen LogP contribution in [0.3, 0.4) is 0 Å². The van der Waals surface area contributed by atoms with Crippen molar-refractivity contribution >= 4 is 29.1 Å². The summed E-state index contributed by atoms with van der Waals surface area (Å²) in [7, 11) is 0. The second-order valence-electron chi connectivity index (χ2n) is 6.37. The van der Waals surface area contributed by atoms with Crippen molar-refractivity contribution in [1.29, 1.82) is 0 Å². The third kappa shape index (κ3) is 5.85. The Labute approximate surface area is 157 Å². The Morgan fingerprint density at radius 3 is 2.41 bits per heavy atom. The van der Waals surface area contributed by atoms with Gasteiger partial charge in [0, 0.05) is 29.9 Å². The van der Waals surface area contributed by atoms with Gasteiger partial charge in [0.1, 0.15) is 5.75 Å². The summed E-state index contributed by atoms with van der Waals surface area (Å²) in [5.74, 6) is -0.113. The maximum Gasteiger partial charge on any atom is 0.262 e. The fraction of sp³-hybridized carbons (Fsp3) is 0.250. The number of carbonyl (C=O) groups is 3. The predicted octanol–water partition coefficient (Wildman–Crippen LogP) is 2.55. The minimum absolute atomic E-state index is 0.135. The number of nitrogens with one attached hydrogen (secondary N) is 3. The van der Waals surface area contributed by atoms with Crippen LogP contribution in [0.25, 0.3) is 0 Å². The Balaban J connectivity index is 1.50. The smallest absolute Gasteiger partial charge is 0.262 e. The van der Waals surface area contributed by atoms with E-state index < -0.39 is 0 Å². The molecule has 1 saturated carbocycles. The molecule has 0 bridgehead atoms. The van der Waals surface area contributed by atoms with Crippen LogP contribution in [0.5, 0.6) is 5.75 Å². The van der Waals surface area contributed by atoms with Crippen molar-refractivity contribution in [3.05, 3.63) is 54.1 Å². The van der Waals surface area contributed by atoms with Crippen molar-refractivity contribution in [3.8, 4) is 5.75 Å². The van der Waals surface area contributed by atoms with E-state index in [1.165, 1.54) is 6.92 Å². The van der Waals surface area contributed by atoms with Gasteiger partial charge < -0.3 is 20.7 Å². The molecule has 0 heterocycles. The van der Waals surface area contributed by atoms with E-state index in [9.17, 15) is 14.4 Å². The predicted molar refractivity (Wildman–Crippen MR) is 102 cm³/mol. The highest BCUT2D eigenvalue weighted by Crippen LogP contribution is 2.20. The maximum atomic E-state index is 12.1. The zero-order valence-electron chi connectivity index (χ0n) is 15.0. The standard InChI is InChI=1S/C20H21N3O4/c1-13(24)21-15-7-9-18(10-8-15)27-12-19(25)22-17-4-2-3-14(11-17)20(26)23-16-5-6-16/h2-4,7-11,16H,5-6,12H2,1H3,(H,21,24)(H,22,25)(H,23,26). The highest BCUT2D eigenvalue weighted by molar-refractivity contribution is 5.97.